The molecule has 1 aliphatic heterocycles. The Morgan fingerprint density at radius 3 is 1.68 bits per heavy atom. The van der Waals surface area contributed by atoms with Gasteiger partial charge in [-0.2, -0.15) is 0 Å². The molecule has 0 unspecified atom stereocenters. The maximum Gasteiger partial charge on any atom is 0.168 e. The number of thioether (sulfide) groups is 1. The number of ether oxygens (including phenoxy) is 1. The molecule has 1 aliphatic rings. The molecule has 2 heteroatoms. The van der Waals surface area contributed by atoms with Gasteiger partial charge >= 0.3 is 0 Å². The van der Waals surface area contributed by atoms with E-state index < -0.39 is 5.60 Å². The molecular formula is C23H20OS. The van der Waals surface area contributed by atoms with E-state index in [0.29, 0.717) is 0 Å². The molecule has 0 aliphatic carbocycles. The lowest BCUT2D eigenvalue weighted by molar-refractivity contribution is 0.0569. The normalized spacial score (nSPS) is 16.4. The first-order valence-electron chi connectivity index (χ1n) is 8.49. The Balaban J connectivity index is 1.82. The smallest absolute Gasteiger partial charge is 0.168 e. The Kier molecular flexibility index (Phi) is 4.37. The van der Waals surface area contributed by atoms with Crippen molar-refractivity contribution in [2.75, 3.05) is 5.75 Å². The molecule has 3 aromatic rings. The average Bonchev–Trinajstić information content (AvgIpc) is 2.70. The molecule has 0 amide bonds. The number of rotatable bonds is 3. The molecule has 1 nitrogen and oxygen atoms in total. The van der Waals surface area contributed by atoms with Crippen LogP contribution < -0.4 is 0 Å². The molecule has 1 heterocycles. The van der Waals surface area contributed by atoms with Crippen molar-refractivity contribution >= 4 is 16.7 Å². The van der Waals surface area contributed by atoms with Crippen LogP contribution in [-0.4, -0.2) is 5.75 Å². The lowest BCUT2D eigenvalue weighted by Crippen LogP contribution is -2.36. The molecule has 0 fully saturated rings. The second-order valence-corrected chi connectivity index (χ2v) is 7.19. The van der Waals surface area contributed by atoms with Crippen LogP contribution in [0.1, 0.15) is 23.6 Å². The van der Waals surface area contributed by atoms with Crippen LogP contribution in [0.3, 0.4) is 0 Å². The molecular weight excluding hydrogens is 324 g/mol. The Bertz CT molecular complexity index is 830. The van der Waals surface area contributed by atoms with E-state index >= 15 is 0 Å². The summed E-state index contributed by atoms with van der Waals surface area (Å²) in [5.74, 6) is 1.83. The summed E-state index contributed by atoms with van der Waals surface area (Å²) in [6.45, 7) is 2.08. The van der Waals surface area contributed by atoms with Crippen LogP contribution in [0.25, 0.3) is 4.91 Å². The monoisotopic (exact) mass is 344 g/mol. The van der Waals surface area contributed by atoms with Gasteiger partial charge in [0.25, 0.3) is 0 Å². The van der Waals surface area contributed by atoms with Crippen LogP contribution in [-0.2, 0) is 10.3 Å². The van der Waals surface area contributed by atoms with Crippen LogP contribution in [0, 0.1) is 0 Å². The van der Waals surface area contributed by atoms with E-state index in [-0.39, 0.29) is 0 Å². The largest absolute Gasteiger partial charge is 0.480 e. The van der Waals surface area contributed by atoms with E-state index in [0.717, 1.165) is 11.5 Å². The standard InChI is InChI=1S/C23H20OS/c1-18-22(19-11-5-2-6-12-19)25-17-23(24-18,20-13-7-3-8-14-20)21-15-9-4-10-16-21/h2-16H,17H2,1H3. The first-order chi connectivity index (χ1) is 12.3. The molecule has 0 spiro atoms. The van der Waals surface area contributed by atoms with Crippen LogP contribution in [0.5, 0.6) is 0 Å². The van der Waals surface area contributed by atoms with E-state index in [4.69, 9.17) is 4.74 Å². The second kappa shape index (κ2) is 6.81. The topological polar surface area (TPSA) is 9.23 Å². The van der Waals surface area contributed by atoms with E-state index in [9.17, 15) is 0 Å². The van der Waals surface area contributed by atoms with Gasteiger partial charge in [-0.05, 0) is 12.5 Å². The third-order valence-corrected chi connectivity index (χ3v) is 5.95. The highest BCUT2D eigenvalue weighted by molar-refractivity contribution is 8.08. The predicted octanol–water partition coefficient (Wildman–Crippen LogP) is 6.08. The van der Waals surface area contributed by atoms with Crippen LogP contribution in [0.4, 0.5) is 0 Å². The van der Waals surface area contributed by atoms with Crippen molar-refractivity contribution in [3.8, 4) is 0 Å². The highest BCUT2D eigenvalue weighted by Gasteiger charge is 2.40. The average molecular weight is 344 g/mol. The summed E-state index contributed by atoms with van der Waals surface area (Å²) in [7, 11) is 0. The fourth-order valence-corrected chi connectivity index (χ4v) is 4.64. The first-order valence-corrected chi connectivity index (χ1v) is 9.47. The zero-order chi connectivity index (χ0) is 17.1. The van der Waals surface area contributed by atoms with Gasteiger partial charge < -0.3 is 4.74 Å². The van der Waals surface area contributed by atoms with Gasteiger partial charge in [0.15, 0.2) is 5.60 Å². The minimum absolute atomic E-state index is 0.449. The van der Waals surface area contributed by atoms with Gasteiger partial charge in [0.1, 0.15) is 5.76 Å². The van der Waals surface area contributed by atoms with Gasteiger partial charge in [0, 0.05) is 16.9 Å². The minimum Gasteiger partial charge on any atom is -0.480 e. The summed E-state index contributed by atoms with van der Waals surface area (Å²) in [5.41, 5.74) is 3.16. The zero-order valence-corrected chi connectivity index (χ0v) is 15.0. The summed E-state index contributed by atoms with van der Waals surface area (Å²) in [6.07, 6.45) is 0. The molecule has 0 saturated heterocycles. The third kappa shape index (κ3) is 2.98. The molecule has 0 bridgehead atoms. The highest BCUT2D eigenvalue weighted by atomic mass is 32.2. The Labute approximate surface area is 153 Å². The van der Waals surface area contributed by atoms with E-state index in [1.165, 1.54) is 21.6 Å². The van der Waals surface area contributed by atoms with Gasteiger partial charge in [-0.1, -0.05) is 91.0 Å². The molecule has 3 aromatic carbocycles. The van der Waals surface area contributed by atoms with Crippen LogP contribution in [0.2, 0.25) is 0 Å². The molecule has 0 atom stereocenters. The van der Waals surface area contributed by atoms with Crippen LogP contribution >= 0.6 is 11.8 Å². The SMILES string of the molecule is CC1=C(c2ccccc2)SCC(c2ccccc2)(c2ccccc2)O1. The molecule has 124 valence electrons. The van der Waals surface area contributed by atoms with Gasteiger partial charge in [-0.25, -0.2) is 0 Å². The second-order valence-electron chi connectivity index (χ2n) is 6.20. The van der Waals surface area contributed by atoms with Crippen molar-refractivity contribution in [2.45, 2.75) is 12.5 Å². The van der Waals surface area contributed by atoms with Gasteiger partial charge in [-0.15, -0.1) is 11.8 Å². The third-order valence-electron chi connectivity index (χ3n) is 4.58. The number of hydrogen-bond acceptors (Lipinski definition) is 2. The zero-order valence-electron chi connectivity index (χ0n) is 14.2. The first kappa shape index (κ1) is 16.0. The van der Waals surface area contributed by atoms with E-state index in [2.05, 4.69) is 91.9 Å². The van der Waals surface area contributed by atoms with Crippen molar-refractivity contribution in [1.29, 1.82) is 0 Å². The summed E-state index contributed by atoms with van der Waals surface area (Å²) < 4.78 is 6.67. The van der Waals surface area contributed by atoms with Crippen molar-refractivity contribution in [1.82, 2.24) is 0 Å². The Morgan fingerprint density at radius 2 is 1.20 bits per heavy atom. The predicted molar refractivity (Wildman–Crippen MR) is 106 cm³/mol. The van der Waals surface area contributed by atoms with Gasteiger partial charge in [0.2, 0.25) is 0 Å². The summed E-state index contributed by atoms with van der Waals surface area (Å²) >= 11 is 1.88. The van der Waals surface area contributed by atoms with Gasteiger partial charge in [-0.3, -0.25) is 0 Å². The number of benzene rings is 3. The van der Waals surface area contributed by atoms with Crippen molar-refractivity contribution in [3.05, 3.63) is 113 Å². The Morgan fingerprint density at radius 1 is 0.720 bits per heavy atom. The van der Waals surface area contributed by atoms with Crippen molar-refractivity contribution in [2.24, 2.45) is 0 Å². The Hall–Kier alpha value is -2.45. The maximum atomic E-state index is 6.67. The molecule has 0 N–H and O–H groups in total. The molecule has 0 saturated carbocycles. The lowest BCUT2D eigenvalue weighted by Gasteiger charge is -2.39. The van der Waals surface area contributed by atoms with E-state index in [1.807, 2.05) is 17.8 Å². The fourth-order valence-electron chi connectivity index (χ4n) is 3.35. The fraction of sp³-hybridized carbons (Fsp3) is 0.130. The lowest BCUT2D eigenvalue weighted by atomic mass is 9.87. The minimum atomic E-state index is -0.449. The number of allylic oxidation sites excluding steroid dienone is 1. The summed E-state index contributed by atoms with van der Waals surface area (Å²) in [4.78, 5) is 1.23. The number of hydrogen-bond donors (Lipinski definition) is 0. The molecule has 0 radical (unpaired) electrons. The molecule has 25 heavy (non-hydrogen) atoms. The van der Waals surface area contributed by atoms with Crippen molar-refractivity contribution < 1.29 is 4.74 Å². The van der Waals surface area contributed by atoms with Gasteiger partial charge in [0.05, 0.1) is 4.91 Å². The molecule has 0 aromatic heterocycles. The van der Waals surface area contributed by atoms with Crippen molar-refractivity contribution in [3.63, 3.8) is 0 Å². The highest BCUT2D eigenvalue weighted by Crippen LogP contribution is 2.48. The van der Waals surface area contributed by atoms with Crippen LogP contribution in [0.15, 0.2) is 96.8 Å². The van der Waals surface area contributed by atoms with E-state index in [1.54, 1.807) is 0 Å². The molecule has 4 rings (SSSR count). The summed E-state index contributed by atoms with van der Waals surface area (Å²) in [5, 5.41) is 0. The summed E-state index contributed by atoms with van der Waals surface area (Å²) in [6, 6.07) is 31.6. The quantitative estimate of drug-likeness (QED) is 0.569. The maximum absolute atomic E-state index is 6.67.